The molecule has 0 spiro atoms. The van der Waals surface area contributed by atoms with Crippen LogP contribution in [0, 0.1) is 19.8 Å². The molecule has 29 heavy (non-hydrogen) atoms. The van der Waals surface area contributed by atoms with Crippen LogP contribution in [0.3, 0.4) is 0 Å². The quantitative estimate of drug-likeness (QED) is 0.431. The monoisotopic (exact) mass is 414 g/mol. The number of benzene rings is 2. The summed E-state index contributed by atoms with van der Waals surface area (Å²) in [6, 6.07) is 11.7. The fourth-order valence-electron chi connectivity index (χ4n) is 3.24. The lowest BCUT2D eigenvalue weighted by Crippen LogP contribution is -2.38. The number of carbonyl (C=O) groups excluding carboxylic acids is 1. The first kappa shape index (κ1) is 23.0. The molecule has 2 rings (SSSR count). The van der Waals surface area contributed by atoms with Crippen LogP contribution in [0.15, 0.2) is 41.3 Å². The van der Waals surface area contributed by atoms with E-state index in [-0.39, 0.29) is 17.6 Å². The number of aryl methyl sites for hydroxylation is 2. The Hall–Kier alpha value is -2.27. The molecule has 0 saturated carbocycles. The number of thioether (sulfide) groups is 1. The Balaban J connectivity index is 2.26. The molecule has 2 atom stereocenters. The number of Topliss-reactive ketones (excluding diaryl/α,β-unsaturated/α-hetero) is 1. The van der Waals surface area contributed by atoms with Crippen LogP contribution in [-0.2, 0) is 4.79 Å². The standard InChI is InChI=1S/C24H30O4S/c1-14-12-19(13-15(2)22(14)28-24(5,6)23(26)27)16(3)17(4)21(25)18-8-10-20(29-7)11-9-18/h8-13,16-17H,1-7H3,(H,26,27). The molecule has 1 N–H and O–H groups in total. The minimum Gasteiger partial charge on any atom is -0.478 e. The average molecular weight is 415 g/mol. The van der Waals surface area contributed by atoms with Crippen molar-refractivity contribution < 1.29 is 19.4 Å². The van der Waals surface area contributed by atoms with Crippen LogP contribution in [0.25, 0.3) is 0 Å². The van der Waals surface area contributed by atoms with E-state index in [2.05, 4.69) is 6.92 Å². The lowest BCUT2D eigenvalue weighted by atomic mass is 9.82. The number of ketones is 1. The second-order valence-electron chi connectivity index (χ2n) is 8.07. The highest BCUT2D eigenvalue weighted by Gasteiger charge is 2.31. The summed E-state index contributed by atoms with van der Waals surface area (Å²) in [7, 11) is 0. The van der Waals surface area contributed by atoms with Gasteiger partial charge in [-0.3, -0.25) is 4.79 Å². The zero-order chi connectivity index (χ0) is 21.9. The van der Waals surface area contributed by atoms with Gasteiger partial charge in [0, 0.05) is 16.4 Å². The number of hydrogen-bond donors (Lipinski definition) is 1. The first-order chi connectivity index (χ1) is 13.5. The maximum absolute atomic E-state index is 13.0. The molecule has 0 radical (unpaired) electrons. The summed E-state index contributed by atoms with van der Waals surface area (Å²) in [5, 5.41) is 9.34. The highest BCUT2D eigenvalue weighted by atomic mass is 32.2. The molecule has 0 aliphatic heterocycles. The van der Waals surface area contributed by atoms with Gasteiger partial charge < -0.3 is 9.84 Å². The molecule has 0 aliphatic carbocycles. The Labute approximate surface area is 177 Å². The lowest BCUT2D eigenvalue weighted by molar-refractivity contribution is -0.152. The normalized spacial score (nSPS) is 13.6. The van der Waals surface area contributed by atoms with Crippen molar-refractivity contribution >= 4 is 23.5 Å². The Morgan fingerprint density at radius 1 is 1.03 bits per heavy atom. The minimum atomic E-state index is -1.31. The number of hydrogen-bond acceptors (Lipinski definition) is 4. The van der Waals surface area contributed by atoms with Gasteiger partial charge in [0.05, 0.1) is 0 Å². The summed E-state index contributed by atoms with van der Waals surface area (Å²) in [6.07, 6.45) is 2.01. The first-order valence-corrected chi connectivity index (χ1v) is 10.9. The molecule has 2 aromatic rings. The lowest BCUT2D eigenvalue weighted by Gasteiger charge is -2.26. The molecular formula is C24H30O4S. The van der Waals surface area contributed by atoms with Crippen molar-refractivity contribution in [1.29, 1.82) is 0 Å². The number of aliphatic carboxylic acids is 1. The second-order valence-corrected chi connectivity index (χ2v) is 8.95. The molecule has 0 heterocycles. The van der Waals surface area contributed by atoms with Gasteiger partial charge in [-0.25, -0.2) is 4.79 Å². The predicted octanol–water partition coefficient (Wildman–Crippen LogP) is 5.89. The van der Waals surface area contributed by atoms with Gasteiger partial charge in [0.25, 0.3) is 0 Å². The van der Waals surface area contributed by atoms with Gasteiger partial charge in [0.15, 0.2) is 11.4 Å². The Morgan fingerprint density at radius 2 is 1.55 bits per heavy atom. The van der Waals surface area contributed by atoms with Gasteiger partial charge >= 0.3 is 5.97 Å². The third-order valence-corrected chi connectivity index (χ3v) is 6.16. The van der Waals surface area contributed by atoms with Crippen LogP contribution in [-0.4, -0.2) is 28.7 Å². The minimum absolute atomic E-state index is 0.0154. The fraction of sp³-hybridized carbons (Fsp3) is 0.417. The highest BCUT2D eigenvalue weighted by Crippen LogP contribution is 2.34. The van der Waals surface area contributed by atoms with E-state index in [0.717, 1.165) is 27.1 Å². The molecule has 2 aromatic carbocycles. The second kappa shape index (κ2) is 9.04. The molecule has 156 valence electrons. The van der Waals surface area contributed by atoms with Crippen LogP contribution >= 0.6 is 11.8 Å². The van der Waals surface area contributed by atoms with E-state index in [1.54, 1.807) is 11.8 Å². The van der Waals surface area contributed by atoms with Crippen LogP contribution in [0.5, 0.6) is 5.75 Å². The molecule has 0 bridgehead atoms. The van der Waals surface area contributed by atoms with Crippen molar-refractivity contribution in [1.82, 2.24) is 0 Å². The Bertz CT molecular complexity index is 877. The van der Waals surface area contributed by atoms with Gasteiger partial charge in [0.1, 0.15) is 5.75 Å². The van der Waals surface area contributed by atoms with Gasteiger partial charge in [-0.1, -0.05) is 38.1 Å². The summed E-state index contributed by atoms with van der Waals surface area (Å²) >= 11 is 1.65. The van der Waals surface area contributed by atoms with Crippen LogP contribution in [0.4, 0.5) is 0 Å². The van der Waals surface area contributed by atoms with E-state index < -0.39 is 11.6 Å². The summed E-state index contributed by atoms with van der Waals surface area (Å²) in [5.74, 6) is -0.481. The van der Waals surface area contributed by atoms with E-state index in [9.17, 15) is 14.7 Å². The molecule has 2 unspecified atom stereocenters. The zero-order valence-electron chi connectivity index (χ0n) is 18.2. The molecule has 0 fully saturated rings. The van der Waals surface area contributed by atoms with Crippen LogP contribution in [0.1, 0.15) is 60.7 Å². The van der Waals surface area contributed by atoms with E-state index in [0.29, 0.717) is 5.75 Å². The van der Waals surface area contributed by atoms with Crippen molar-refractivity contribution in [2.75, 3.05) is 6.26 Å². The molecule has 5 heteroatoms. The molecule has 4 nitrogen and oxygen atoms in total. The topological polar surface area (TPSA) is 63.6 Å². The van der Waals surface area contributed by atoms with Gasteiger partial charge in [0.2, 0.25) is 0 Å². The summed E-state index contributed by atoms with van der Waals surface area (Å²) < 4.78 is 5.79. The predicted molar refractivity (Wildman–Crippen MR) is 118 cm³/mol. The third kappa shape index (κ3) is 5.21. The van der Waals surface area contributed by atoms with E-state index >= 15 is 0 Å². The molecule has 0 aliphatic rings. The molecule has 0 aromatic heterocycles. The summed E-state index contributed by atoms with van der Waals surface area (Å²) in [4.78, 5) is 25.5. The zero-order valence-corrected chi connectivity index (χ0v) is 19.0. The maximum Gasteiger partial charge on any atom is 0.347 e. The number of carboxylic acid groups (broad SMARTS) is 1. The van der Waals surface area contributed by atoms with E-state index in [1.807, 2.05) is 63.4 Å². The molecular weight excluding hydrogens is 384 g/mol. The third-order valence-electron chi connectivity index (χ3n) is 5.42. The fourth-order valence-corrected chi connectivity index (χ4v) is 3.65. The van der Waals surface area contributed by atoms with Crippen LogP contribution < -0.4 is 4.74 Å². The number of ether oxygens (including phenoxy) is 1. The smallest absolute Gasteiger partial charge is 0.347 e. The first-order valence-electron chi connectivity index (χ1n) is 9.69. The van der Waals surface area contributed by atoms with Crippen molar-refractivity contribution in [2.45, 2.75) is 58.0 Å². The van der Waals surface area contributed by atoms with Crippen molar-refractivity contribution in [3.8, 4) is 5.75 Å². The molecule has 0 amide bonds. The number of carbonyl (C=O) groups is 2. The largest absolute Gasteiger partial charge is 0.478 e. The van der Waals surface area contributed by atoms with Crippen molar-refractivity contribution in [2.24, 2.45) is 5.92 Å². The van der Waals surface area contributed by atoms with Gasteiger partial charge in [-0.15, -0.1) is 11.8 Å². The van der Waals surface area contributed by atoms with Gasteiger partial charge in [-0.05, 0) is 68.7 Å². The Morgan fingerprint density at radius 3 is 2.00 bits per heavy atom. The van der Waals surface area contributed by atoms with Gasteiger partial charge in [-0.2, -0.15) is 0 Å². The van der Waals surface area contributed by atoms with E-state index in [1.165, 1.54) is 13.8 Å². The average Bonchev–Trinajstić information content (AvgIpc) is 2.68. The number of rotatable bonds is 8. The summed E-state index contributed by atoms with van der Waals surface area (Å²) in [6.45, 7) is 10.9. The van der Waals surface area contributed by atoms with Crippen molar-refractivity contribution in [3.05, 3.63) is 58.7 Å². The van der Waals surface area contributed by atoms with E-state index in [4.69, 9.17) is 4.74 Å². The highest BCUT2D eigenvalue weighted by molar-refractivity contribution is 7.98. The summed E-state index contributed by atoms with van der Waals surface area (Å²) in [5.41, 5.74) is 2.19. The Kier molecular flexibility index (Phi) is 7.17. The maximum atomic E-state index is 13.0. The van der Waals surface area contributed by atoms with Crippen LogP contribution in [0.2, 0.25) is 0 Å². The van der Waals surface area contributed by atoms with Crippen molar-refractivity contribution in [3.63, 3.8) is 0 Å². The number of carboxylic acids is 1. The molecule has 0 saturated heterocycles. The SMILES string of the molecule is CSc1ccc(C(=O)C(C)C(C)c2cc(C)c(OC(C)(C)C(=O)O)c(C)c2)cc1.